The average Bonchev–Trinajstić information content (AvgIpc) is 4.17. The highest BCUT2D eigenvalue weighted by molar-refractivity contribution is 7.13. The number of amides is 4. The molecule has 0 radical (unpaired) electrons. The van der Waals surface area contributed by atoms with E-state index in [1.54, 1.807) is 23.9 Å². The summed E-state index contributed by atoms with van der Waals surface area (Å²) in [5, 5.41) is 33.4. The van der Waals surface area contributed by atoms with Crippen LogP contribution in [-0.2, 0) is 38.1 Å². The number of anilines is 2. The first kappa shape index (κ1) is 60.5. The fourth-order valence-corrected chi connectivity index (χ4v) is 10.3. The van der Waals surface area contributed by atoms with Crippen molar-refractivity contribution in [1.29, 1.82) is 0 Å². The molecule has 2 aliphatic rings. The number of rotatable bonds is 26. The smallest absolute Gasteiger partial charge is 0.246 e. The quantitative estimate of drug-likeness (QED) is 0.0376. The Labute approximate surface area is 467 Å². The molecule has 20 nitrogen and oxygen atoms in total. The van der Waals surface area contributed by atoms with Gasteiger partial charge in [0, 0.05) is 76.7 Å². The van der Waals surface area contributed by atoms with Crippen LogP contribution in [0.3, 0.4) is 0 Å². The number of piperazine rings is 1. The van der Waals surface area contributed by atoms with Crippen molar-refractivity contribution in [3.8, 4) is 27.3 Å². The Kier molecular flexibility index (Phi) is 21.7. The number of likely N-dealkylation sites (N-methyl/N-ethyl adjacent to an activating group) is 1. The predicted octanol–water partition coefficient (Wildman–Crippen LogP) is 5.47. The van der Waals surface area contributed by atoms with Crippen molar-refractivity contribution in [1.82, 2.24) is 40.7 Å². The highest BCUT2D eigenvalue weighted by atomic mass is 35.5. The number of halogens is 3. The van der Waals surface area contributed by atoms with Crippen molar-refractivity contribution < 1.29 is 57.1 Å². The number of aliphatic hydroxyl groups is 1. The number of phenols is 1. The van der Waals surface area contributed by atoms with Crippen LogP contribution < -0.4 is 26.2 Å². The average molecular weight is 1140 g/mol. The lowest BCUT2D eigenvalue weighted by Gasteiger charge is -2.35. The minimum Gasteiger partial charge on any atom is -0.507 e. The van der Waals surface area contributed by atoms with Gasteiger partial charge in [0.05, 0.1) is 85.1 Å². The molecule has 3 aromatic carbocycles. The van der Waals surface area contributed by atoms with E-state index in [0.717, 1.165) is 27.8 Å². The Morgan fingerprint density at radius 1 is 0.937 bits per heavy atom. The number of nitrogens with zero attached hydrogens (tertiary/aromatic N) is 6. The third kappa shape index (κ3) is 16.0. The van der Waals surface area contributed by atoms with Crippen molar-refractivity contribution >= 4 is 69.2 Å². The number of hydrogen-bond acceptors (Lipinski definition) is 17. The van der Waals surface area contributed by atoms with Gasteiger partial charge in [0.2, 0.25) is 29.6 Å². The zero-order chi connectivity index (χ0) is 56.8. The van der Waals surface area contributed by atoms with Crippen LogP contribution in [0, 0.1) is 24.0 Å². The second-order valence-corrected chi connectivity index (χ2v) is 21.7. The lowest BCUT2D eigenvalue weighted by Crippen LogP contribution is -2.58. The van der Waals surface area contributed by atoms with E-state index in [1.807, 2.05) is 63.8 Å². The number of nitrogens with one attached hydrogen (secondary N) is 4. The van der Waals surface area contributed by atoms with Crippen LogP contribution in [0.25, 0.3) is 32.5 Å². The number of fused-ring (bicyclic) bond motifs is 1. The van der Waals surface area contributed by atoms with Crippen LogP contribution >= 0.6 is 22.9 Å². The van der Waals surface area contributed by atoms with E-state index >= 15 is 4.39 Å². The molecule has 7 rings (SSSR count). The molecule has 79 heavy (non-hydrogen) atoms. The highest BCUT2D eigenvalue weighted by Gasteiger charge is 2.45. The summed E-state index contributed by atoms with van der Waals surface area (Å²) in [4.78, 5) is 73.1. The number of aryl methyl sites for hydroxylation is 1. The van der Waals surface area contributed by atoms with E-state index in [1.165, 1.54) is 28.0 Å². The molecule has 4 heterocycles. The summed E-state index contributed by atoms with van der Waals surface area (Å²) in [5.41, 5.74) is 3.11. The summed E-state index contributed by atoms with van der Waals surface area (Å²) in [7, 11) is 1.65. The van der Waals surface area contributed by atoms with E-state index in [0.29, 0.717) is 43.9 Å². The van der Waals surface area contributed by atoms with E-state index in [-0.39, 0.29) is 118 Å². The first-order chi connectivity index (χ1) is 37.8. The molecule has 2 aromatic heterocycles. The van der Waals surface area contributed by atoms with Crippen LogP contribution in [0.2, 0.25) is 5.02 Å². The van der Waals surface area contributed by atoms with Gasteiger partial charge in [-0.3, -0.25) is 19.2 Å². The van der Waals surface area contributed by atoms with Gasteiger partial charge in [-0.15, -0.1) is 11.3 Å². The van der Waals surface area contributed by atoms with Gasteiger partial charge in [-0.05, 0) is 48.6 Å². The van der Waals surface area contributed by atoms with E-state index in [4.69, 9.17) is 30.5 Å². The Morgan fingerprint density at radius 3 is 2.25 bits per heavy atom. The molecule has 5 aromatic rings. The molecule has 0 spiro atoms. The molecule has 4 atom stereocenters. The van der Waals surface area contributed by atoms with Crippen molar-refractivity contribution in [2.24, 2.45) is 5.41 Å². The number of β-amino-alcohol motifs (C(OH)–C–C–N with tert-alkyl or cyclic N) is 1. The Bertz CT molecular complexity index is 2870. The number of aliphatic hydroxyl groups excluding tert-OH is 1. The van der Waals surface area contributed by atoms with Gasteiger partial charge in [0.25, 0.3) is 0 Å². The molecule has 0 bridgehead atoms. The molecular formula is C55H71ClF2N10O10S. The number of phenolic OH excluding ortho intramolecular Hbond substituents is 1. The minimum atomic E-state index is -1.00. The first-order valence-electron chi connectivity index (χ1n) is 26.3. The van der Waals surface area contributed by atoms with Crippen molar-refractivity contribution in [3.63, 3.8) is 0 Å². The predicted molar refractivity (Wildman–Crippen MR) is 297 cm³/mol. The summed E-state index contributed by atoms with van der Waals surface area (Å²) in [6.45, 7) is 13.5. The van der Waals surface area contributed by atoms with Crippen molar-refractivity contribution in [2.75, 3.05) is 116 Å². The molecule has 0 aliphatic carbocycles. The lowest BCUT2D eigenvalue weighted by atomic mass is 9.85. The first-order valence-corrected chi connectivity index (χ1v) is 27.6. The number of benzene rings is 3. The molecular weight excluding hydrogens is 1070 g/mol. The monoisotopic (exact) mass is 1140 g/mol. The van der Waals surface area contributed by atoms with E-state index < -0.39 is 58.7 Å². The SMILES string of the molecule is Cc1ncsc1-c1ccc(C(C)NC(=O)[C@@H]2C[C@@H](O)CN2C(=O)C(NC(=O)COCCOCCOCCOCCN(C)C(=O)CCNc2nc(N3CCNCC3)c3cc(Cl)c(-c4c(O)cccc4F)c(F)c3n2)C(C)(C)C)cc1. The Morgan fingerprint density at radius 2 is 1.61 bits per heavy atom. The van der Waals surface area contributed by atoms with Gasteiger partial charge in [0.1, 0.15) is 41.6 Å². The molecule has 4 amide bonds. The van der Waals surface area contributed by atoms with Gasteiger partial charge in [-0.25, -0.2) is 18.7 Å². The van der Waals surface area contributed by atoms with Gasteiger partial charge >= 0.3 is 0 Å². The van der Waals surface area contributed by atoms with Crippen LogP contribution in [-0.4, -0.2) is 182 Å². The second kappa shape index (κ2) is 28.3. The second-order valence-electron chi connectivity index (χ2n) is 20.4. The van der Waals surface area contributed by atoms with Crippen LogP contribution in [0.15, 0.2) is 54.0 Å². The van der Waals surface area contributed by atoms with E-state index in [9.17, 15) is 33.8 Å². The van der Waals surface area contributed by atoms with Crippen molar-refractivity contribution in [3.05, 3.63) is 82.0 Å². The van der Waals surface area contributed by atoms with Crippen LogP contribution in [0.1, 0.15) is 57.8 Å². The molecule has 0 saturated carbocycles. The summed E-state index contributed by atoms with van der Waals surface area (Å²) in [6, 6.07) is 10.7. The number of hydrogen-bond donors (Lipinski definition) is 6. The summed E-state index contributed by atoms with van der Waals surface area (Å²) >= 11 is 8.11. The maximum absolute atomic E-state index is 16.3. The number of aromatic nitrogens is 3. The van der Waals surface area contributed by atoms with Gasteiger partial charge in [-0.2, -0.15) is 4.98 Å². The third-order valence-corrected chi connectivity index (χ3v) is 14.8. The zero-order valence-electron chi connectivity index (χ0n) is 45.4. The molecule has 2 saturated heterocycles. The fraction of sp³-hybridized carbons (Fsp3) is 0.509. The summed E-state index contributed by atoms with van der Waals surface area (Å²) < 4.78 is 53.6. The molecule has 2 unspecified atom stereocenters. The lowest BCUT2D eigenvalue weighted by molar-refractivity contribution is -0.144. The van der Waals surface area contributed by atoms with Gasteiger partial charge < -0.3 is 65.1 Å². The largest absolute Gasteiger partial charge is 0.507 e. The standard InChI is InChI=1S/C55H71ClF2N10O10S/c1-33(35-10-12-36(13-11-35)49-34(2)61-32-79-49)62-52(73)41-28-37(69)30-68(41)53(74)50(55(3,4)5)63-43(71)31-78-27-26-77-25-24-76-23-22-75-21-20-66(6)44(72)14-15-60-54-64-48-38(51(65-54)67-18-16-59-17-19-67)29-39(56)45(47(48)58)46-40(57)8-7-9-42(46)70/h7-13,29,32-33,37,41,50,59,69-70H,14-28,30-31H2,1-6H3,(H,62,73)(H,63,71)(H,60,64,65)/t33?,37-,41+,50?/m1/s1. The Hall–Kier alpha value is -6.18. The zero-order valence-corrected chi connectivity index (χ0v) is 47.0. The maximum Gasteiger partial charge on any atom is 0.246 e. The summed E-state index contributed by atoms with van der Waals surface area (Å²) in [5.74, 6) is -3.31. The topological polar surface area (TPSA) is 242 Å². The summed E-state index contributed by atoms with van der Waals surface area (Å²) in [6.07, 6.45) is -0.768. The molecule has 428 valence electrons. The fourth-order valence-electron chi connectivity index (χ4n) is 9.21. The number of carbonyl (C=O) groups excluding carboxylic acids is 4. The number of carbonyl (C=O) groups is 4. The van der Waals surface area contributed by atoms with Crippen molar-refractivity contribution in [2.45, 2.75) is 71.7 Å². The van der Waals surface area contributed by atoms with E-state index in [2.05, 4.69) is 36.2 Å². The molecule has 2 aliphatic heterocycles. The number of thiazole rings is 1. The van der Waals surface area contributed by atoms with Crippen LogP contribution in [0.4, 0.5) is 20.5 Å². The van der Waals surface area contributed by atoms with Gasteiger partial charge in [0.15, 0.2) is 5.82 Å². The molecule has 6 N–H and O–H groups in total. The van der Waals surface area contributed by atoms with Crippen LogP contribution in [0.5, 0.6) is 5.75 Å². The Balaban J connectivity index is 0.755. The third-order valence-electron chi connectivity index (χ3n) is 13.5. The number of likely N-dealkylation sites (tertiary alicyclic amines) is 1. The van der Waals surface area contributed by atoms with Gasteiger partial charge in [-0.1, -0.05) is 62.7 Å². The number of ether oxygens (including phenoxy) is 4. The molecule has 24 heteroatoms. The minimum absolute atomic E-state index is 0.0460. The molecule has 2 fully saturated rings. The highest BCUT2D eigenvalue weighted by Crippen LogP contribution is 2.43. The maximum atomic E-state index is 16.3. The number of aromatic hydroxyl groups is 1. The normalized spacial score (nSPS) is 16.5.